The lowest BCUT2D eigenvalue weighted by atomic mass is 10.1. The third-order valence-corrected chi connectivity index (χ3v) is 3.91. The van der Waals surface area contributed by atoms with Crippen molar-refractivity contribution in [2.75, 3.05) is 5.32 Å². The van der Waals surface area contributed by atoms with Crippen LogP contribution in [-0.4, -0.2) is 4.98 Å². The smallest absolute Gasteiger partial charge is 0.183 e. The minimum atomic E-state index is -0.870. The van der Waals surface area contributed by atoms with Crippen molar-refractivity contribution in [2.45, 2.75) is 13.5 Å². The standard InChI is InChI=1S/C15H12F2N2OS/c1-9-14(10-4-5-12(16)13(17)7-10)19-15(21-9)18-8-11-3-2-6-20-11/h2-7H,8H2,1H3,(H,18,19). The molecule has 0 aliphatic rings. The van der Waals surface area contributed by atoms with Gasteiger partial charge in [0.1, 0.15) is 5.76 Å². The number of aromatic nitrogens is 1. The molecule has 0 fully saturated rings. The monoisotopic (exact) mass is 306 g/mol. The molecule has 6 heteroatoms. The van der Waals surface area contributed by atoms with Gasteiger partial charge in [-0.3, -0.25) is 0 Å². The predicted octanol–water partition coefficient (Wildman–Crippen LogP) is 4.60. The Bertz CT molecular complexity index is 753. The minimum absolute atomic E-state index is 0.525. The van der Waals surface area contributed by atoms with E-state index in [1.165, 1.54) is 17.4 Å². The Labute approximate surface area is 124 Å². The second-order valence-corrected chi connectivity index (χ2v) is 5.69. The quantitative estimate of drug-likeness (QED) is 0.765. The average molecular weight is 306 g/mol. The molecule has 3 aromatic rings. The lowest BCUT2D eigenvalue weighted by Crippen LogP contribution is -1.97. The molecule has 0 aliphatic carbocycles. The van der Waals surface area contributed by atoms with Crippen LogP contribution in [0.25, 0.3) is 11.3 Å². The third kappa shape index (κ3) is 2.95. The molecule has 0 saturated carbocycles. The van der Waals surface area contributed by atoms with Crippen molar-refractivity contribution in [3.05, 3.63) is 58.9 Å². The number of rotatable bonds is 4. The zero-order chi connectivity index (χ0) is 14.8. The molecule has 3 rings (SSSR count). The van der Waals surface area contributed by atoms with Gasteiger partial charge in [0.05, 0.1) is 18.5 Å². The summed E-state index contributed by atoms with van der Waals surface area (Å²) in [6.07, 6.45) is 1.61. The summed E-state index contributed by atoms with van der Waals surface area (Å²) in [6.45, 7) is 2.42. The van der Waals surface area contributed by atoms with Crippen LogP contribution < -0.4 is 5.32 Å². The van der Waals surface area contributed by atoms with Crippen molar-refractivity contribution < 1.29 is 13.2 Å². The first-order chi connectivity index (χ1) is 10.1. The number of hydrogen-bond donors (Lipinski definition) is 1. The zero-order valence-corrected chi connectivity index (χ0v) is 12.0. The Morgan fingerprint density at radius 3 is 2.81 bits per heavy atom. The van der Waals surface area contributed by atoms with Crippen LogP contribution in [0.5, 0.6) is 0 Å². The maximum atomic E-state index is 13.3. The van der Waals surface area contributed by atoms with Gasteiger partial charge in [0, 0.05) is 10.4 Å². The molecule has 0 radical (unpaired) electrons. The second kappa shape index (κ2) is 5.65. The molecule has 0 aliphatic heterocycles. The fraction of sp³-hybridized carbons (Fsp3) is 0.133. The number of aryl methyl sites for hydroxylation is 1. The van der Waals surface area contributed by atoms with Crippen LogP contribution in [0.4, 0.5) is 13.9 Å². The summed E-state index contributed by atoms with van der Waals surface area (Å²) in [6, 6.07) is 7.48. The van der Waals surface area contributed by atoms with E-state index >= 15 is 0 Å². The zero-order valence-electron chi connectivity index (χ0n) is 11.2. The number of halogens is 2. The Balaban J connectivity index is 1.82. The van der Waals surface area contributed by atoms with Crippen LogP contribution in [0, 0.1) is 18.6 Å². The van der Waals surface area contributed by atoms with Crippen LogP contribution in [0.2, 0.25) is 0 Å². The highest BCUT2D eigenvalue weighted by molar-refractivity contribution is 7.15. The molecule has 3 nitrogen and oxygen atoms in total. The lowest BCUT2D eigenvalue weighted by Gasteiger charge is -2.00. The third-order valence-electron chi connectivity index (χ3n) is 2.98. The second-order valence-electron chi connectivity index (χ2n) is 4.49. The summed E-state index contributed by atoms with van der Waals surface area (Å²) in [5.41, 5.74) is 1.22. The van der Waals surface area contributed by atoms with Crippen molar-refractivity contribution in [3.63, 3.8) is 0 Å². The number of nitrogens with zero attached hydrogens (tertiary/aromatic N) is 1. The summed E-state index contributed by atoms with van der Waals surface area (Å²) < 4.78 is 31.5. The van der Waals surface area contributed by atoms with Crippen molar-refractivity contribution in [3.8, 4) is 11.3 Å². The van der Waals surface area contributed by atoms with E-state index in [-0.39, 0.29) is 0 Å². The molecular weight excluding hydrogens is 294 g/mol. The number of anilines is 1. The van der Waals surface area contributed by atoms with Gasteiger partial charge in [-0.2, -0.15) is 0 Å². The van der Waals surface area contributed by atoms with Gasteiger partial charge in [-0.15, -0.1) is 11.3 Å². The Morgan fingerprint density at radius 1 is 1.24 bits per heavy atom. The van der Waals surface area contributed by atoms with E-state index in [2.05, 4.69) is 10.3 Å². The van der Waals surface area contributed by atoms with Crippen LogP contribution in [0.3, 0.4) is 0 Å². The van der Waals surface area contributed by atoms with Crippen LogP contribution in [0.1, 0.15) is 10.6 Å². The highest BCUT2D eigenvalue weighted by Gasteiger charge is 2.12. The lowest BCUT2D eigenvalue weighted by molar-refractivity contribution is 0.509. The number of thiazole rings is 1. The van der Waals surface area contributed by atoms with Gasteiger partial charge in [0.15, 0.2) is 16.8 Å². The molecule has 0 atom stereocenters. The SMILES string of the molecule is Cc1sc(NCc2ccco2)nc1-c1ccc(F)c(F)c1. The van der Waals surface area contributed by atoms with E-state index in [1.54, 1.807) is 6.26 Å². The van der Waals surface area contributed by atoms with Gasteiger partial charge >= 0.3 is 0 Å². The molecule has 108 valence electrons. The fourth-order valence-corrected chi connectivity index (χ4v) is 2.79. The Morgan fingerprint density at radius 2 is 2.10 bits per heavy atom. The topological polar surface area (TPSA) is 38.1 Å². The number of furan rings is 1. The summed E-state index contributed by atoms with van der Waals surface area (Å²) in [5.74, 6) is -0.926. The maximum Gasteiger partial charge on any atom is 0.183 e. The predicted molar refractivity (Wildman–Crippen MR) is 78.2 cm³/mol. The summed E-state index contributed by atoms with van der Waals surface area (Å²) >= 11 is 1.46. The van der Waals surface area contributed by atoms with Crippen LogP contribution in [0.15, 0.2) is 41.0 Å². The van der Waals surface area contributed by atoms with E-state index in [4.69, 9.17) is 4.42 Å². The van der Waals surface area contributed by atoms with Gasteiger partial charge in [-0.05, 0) is 37.3 Å². The van der Waals surface area contributed by atoms with Crippen molar-refractivity contribution >= 4 is 16.5 Å². The first-order valence-corrected chi connectivity index (χ1v) is 7.14. The summed E-state index contributed by atoms with van der Waals surface area (Å²) in [7, 11) is 0. The highest BCUT2D eigenvalue weighted by atomic mass is 32.1. The largest absolute Gasteiger partial charge is 0.467 e. The first-order valence-electron chi connectivity index (χ1n) is 6.32. The molecule has 0 bridgehead atoms. The van der Waals surface area contributed by atoms with Crippen molar-refractivity contribution in [2.24, 2.45) is 0 Å². The summed E-state index contributed by atoms with van der Waals surface area (Å²) in [4.78, 5) is 5.36. The van der Waals surface area contributed by atoms with E-state index in [0.717, 1.165) is 22.8 Å². The molecule has 1 N–H and O–H groups in total. The molecule has 0 unspecified atom stereocenters. The van der Waals surface area contributed by atoms with Crippen LogP contribution >= 0.6 is 11.3 Å². The van der Waals surface area contributed by atoms with E-state index in [1.807, 2.05) is 19.1 Å². The van der Waals surface area contributed by atoms with Gasteiger partial charge in [0.25, 0.3) is 0 Å². The Hall–Kier alpha value is -2.21. The van der Waals surface area contributed by atoms with Gasteiger partial charge < -0.3 is 9.73 Å². The normalized spacial score (nSPS) is 10.8. The van der Waals surface area contributed by atoms with Crippen molar-refractivity contribution in [1.29, 1.82) is 0 Å². The van der Waals surface area contributed by atoms with Crippen molar-refractivity contribution in [1.82, 2.24) is 4.98 Å². The molecule has 21 heavy (non-hydrogen) atoms. The molecule has 2 aromatic heterocycles. The number of nitrogens with one attached hydrogen (secondary N) is 1. The number of benzene rings is 1. The molecule has 0 saturated heterocycles. The van der Waals surface area contributed by atoms with E-state index in [0.29, 0.717) is 22.9 Å². The van der Waals surface area contributed by atoms with Gasteiger partial charge in [-0.1, -0.05) is 0 Å². The van der Waals surface area contributed by atoms with Gasteiger partial charge in [0.2, 0.25) is 0 Å². The molecule has 0 amide bonds. The first kappa shape index (κ1) is 13.8. The Kier molecular flexibility index (Phi) is 3.70. The van der Waals surface area contributed by atoms with E-state index in [9.17, 15) is 8.78 Å². The van der Waals surface area contributed by atoms with Crippen LogP contribution in [-0.2, 0) is 6.54 Å². The molecule has 1 aromatic carbocycles. The summed E-state index contributed by atoms with van der Waals surface area (Å²) in [5, 5.41) is 3.86. The van der Waals surface area contributed by atoms with E-state index < -0.39 is 11.6 Å². The fourth-order valence-electron chi connectivity index (χ4n) is 1.96. The molecular formula is C15H12F2N2OS. The molecule has 0 spiro atoms. The average Bonchev–Trinajstić information content (AvgIpc) is 3.09. The molecule has 2 heterocycles. The minimum Gasteiger partial charge on any atom is -0.467 e. The number of hydrogen-bond acceptors (Lipinski definition) is 4. The van der Waals surface area contributed by atoms with Gasteiger partial charge in [-0.25, -0.2) is 13.8 Å². The highest BCUT2D eigenvalue weighted by Crippen LogP contribution is 2.31. The maximum absolute atomic E-state index is 13.3.